The number of rotatable bonds is 6. The zero-order valence-electron chi connectivity index (χ0n) is 10.3. The van der Waals surface area contributed by atoms with Crippen molar-refractivity contribution in [3.05, 3.63) is 0 Å². The Labute approximate surface area is 100 Å². The summed E-state index contributed by atoms with van der Waals surface area (Å²) in [6.45, 7) is 7.85. The fraction of sp³-hybridized carbons (Fsp3) is 0.909. The van der Waals surface area contributed by atoms with E-state index >= 15 is 0 Å². The number of carbonyl (C=O) groups is 1. The molecule has 1 unspecified atom stereocenters. The van der Waals surface area contributed by atoms with Gasteiger partial charge in [-0.05, 0) is 26.2 Å². The van der Waals surface area contributed by atoms with Crippen molar-refractivity contribution >= 4 is 16.7 Å². The lowest BCUT2D eigenvalue weighted by atomic mass is 10.0. The molecule has 0 spiro atoms. The molecule has 1 aliphatic rings. The fourth-order valence-electron chi connectivity index (χ4n) is 1.44. The van der Waals surface area contributed by atoms with Gasteiger partial charge in [0.25, 0.3) is 0 Å². The van der Waals surface area contributed by atoms with Gasteiger partial charge in [-0.1, -0.05) is 6.92 Å². The minimum atomic E-state index is -1.02. The van der Waals surface area contributed by atoms with Gasteiger partial charge >= 0.3 is 0 Å². The molecule has 5 heteroatoms. The van der Waals surface area contributed by atoms with E-state index in [-0.39, 0.29) is 17.2 Å². The quantitative estimate of drug-likeness (QED) is 0.707. The van der Waals surface area contributed by atoms with Gasteiger partial charge in [0.2, 0.25) is 5.91 Å². The molecule has 1 amide bonds. The second-order valence-electron chi connectivity index (χ2n) is 5.06. The molecule has 94 valence electrons. The van der Waals surface area contributed by atoms with E-state index in [4.69, 9.17) is 0 Å². The SMILES string of the molecule is CCC(C)(C)NC(=O)CS(=O)CC1CNC1. The fourth-order valence-corrected chi connectivity index (χ4v) is 2.68. The van der Waals surface area contributed by atoms with Crippen LogP contribution in [0.3, 0.4) is 0 Å². The lowest BCUT2D eigenvalue weighted by Gasteiger charge is -2.27. The second kappa shape index (κ2) is 5.77. The van der Waals surface area contributed by atoms with Crippen molar-refractivity contribution in [2.24, 2.45) is 5.92 Å². The van der Waals surface area contributed by atoms with E-state index < -0.39 is 10.8 Å². The number of nitrogens with one attached hydrogen (secondary N) is 2. The summed E-state index contributed by atoms with van der Waals surface area (Å²) in [5.74, 6) is 1.18. The predicted molar refractivity (Wildman–Crippen MR) is 66.7 cm³/mol. The molecule has 1 fully saturated rings. The highest BCUT2D eigenvalue weighted by atomic mass is 32.2. The Balaban J connectivity index is 2.24. The van der Waals surface area contributed by atoms with E-state index in [2.05, 4.69) is 10.6 Å². The summed E-state index contributed by atoms with van der Waals surface area (Å²) in [4.78, 5) is 11.6. The first-order chi connectivity index (χ1) is 7.43. The van der Waals surface area contributed by atoms with Gasteiger partial charge in [-0.3, -0.25) is 9.00 Å². The number of carbonyl (C=O) groups excluding carboxylic acids is 1. The van der Waals surface area contributed by atoms with Gasteiger partial charge in [0.05, 0.1) is 0 Å². The monoisotopic (exact) mass is 246 g/mol. The Hall–Kier alpha value is -0.420. The third-order valence-electron chi connectivity index (χ3n) is 2.94. The van der Waals surface area contributed by atoms with Crippen LogP contribution in [-0.2, 0) is 15.6 Å². The summed E-state index contributed by atoms with van der Waals surface area (Å²) in [5, 5.41) is 6.03. The van der Waals surface area contributed by atoms with Gasteiger partial charge in [0.15, 0.2) is 0 Å². The second-order valence-corrected chi connectivity index (χ2v) is 6.56. The minimum absolute atomic E-state index is 0.0996. The van der Waals surface area contributed by atoms with Crippen LogP contribution in [0.4, 0.5) is 0 Å². The van der Waals surface area contributed by atoms with Crippen LogP contribution in [0.15, 0.2) is 0 Å². The van der Waals surface area contributed by atoms with E-state index in [1.54, 1.807) is 0 Å². The van der Waals surface area contributed by atoms with Gasteiger partial charge < -0.3 is 10.6 Å². The molecule has 1 saturated heterocycles. The Bertz CT molecular complexity index is 275. The van der Waals surface area contributed by atoms with Crippen molar-refractivity contribution in [3.8, 4) is 0 Å². The highest BCUT2D eigenvalue weighted by molar-refractivity contribution is 7.85. The van der Waals surface area contributed by atoms with E-state index in [0.29, 0.717) is 11.7 Å². The highest BCUT2D eigenvalue weighted by Crippen LogP contribution is 2.08. The van der Waals surface area contributed by atoms with Crippen molar-refractivity contribution in [2.75, 3.05) is 24.6 Å². The molecule has 1 rings (SSSR count). The molecule has 1 heterocycles. The largest absolute Gasteiger partial charge is 0.350 e. The zero-order chi connectivity index (χ0) is 12.2. The van der Waals surface area contributed by atoms with Gasteiger partial charge in [0.1, 0.15) is 5.75 Å². The van der Waals surface area contributed by atoms with Crippen LogP contribution in [-0.4, -0.2) is 40.3 Å². The predicted octanol–water partition coefficient (Wildman–Crippen LogP) is 0.259. The van der Waals surface area contributed by atoms with Crippen molar-refractivity contribution in [3.63, 3.8) is 0 Å². The Morgan fingerprint density at radius 2 is 2.12 bits per heavy atom. The maximum absolute atomic E-state index is 11.7. The van der Waals surface area contributed by atoms with Crippen molar-refractivity contribution in [2.45, 2.75) is 32.7 Å². The van der Waals surface area contributed by atoms with Crippen LogP contribution < -0.4 is 10.6 Å². The highest BCUT2D eigenvalue weighted by Gasteiger charge is 2.22. The van der Waals surface area contributed by atoms with E-state index in [1.165, 1.54) is 0 Å². The molecule has 0 radical (unpaired) electrons. The van der Waals surface area contributed by atoms with Crippen molar-refractivity contribution in [1.29, 1.82) is 0 Å². The van der Waals surface area contributed by atoms with Gasteiger partial charge in [0, 0.05) is 35.2 Å². The molecule has 0 aromatic rings. The molecular weight excluding hydrogens is 224 g/mol. The first-order valence-electron chi connectivity index (χ1n) is 5.79. The van der Waals surface area contributed by atoms with Crippen molar-refractivity contribution in [1.82, 2.24) is 10.6 Å². The summed E-state index contributed by atoms with van der Waals surface area (Å²) < 4.78 is 11.7. The third-order valence-corrected chi connectivity index (χ3v) is 4.37. The smallest absolute Gasteiger partial charge is 0.233 e. The first kappa shape index (κ1) is 13.6. The Morgan fingerprint density at radius 1 is 1.50 bits per heavy atom. The van der Waals surface area contributed by atoms with Crippen molar-refractivity contribution < 1.29 is 9.00 Å². The molecule has 2 N–H and O–H groups in total. The maximum atomic E-state index is 11.7. The van der Waals surface area contributed by atoms with Crippen LogP contribution in [0.2, 0.25) is 0 Å². The van der Waals surface area contributed by atoms with Gasteiger partial charge in [-0.15, -0.1) is 0 Å². The lowest BCUT2D eigenvalue weighted by molar-refractivity contribution is -0.120. The third kappa shape index (κ3) is 4.61. The average Bonchev–Trinajstić information content (AvgIpc) is 2.10. The first-order valence-corrected chi connectivity index (χ1v) is 7.28. The summed E-state index contributed by atoms with van der Waals surface area (Å²) in [6.07, 6.45) is 0.873. The Kier molecular flexibility index (Phi) is 4.92. The van der Waals surface area contributed by atoms with Crippen LogP contribution >= 0.6 is 0 Å². The van der Waals surface area contributed by atoms with Crippen LogP contribution in [0, 0.1) is 5.92 Å². The molecule has 0 aromatic carbocycles. The average molecular weight is 246 g/mol. The summed E-state index contributed by atoms with van der Waals surface area (Å²) in [6, 6.07) is 0. The number of hydrogen-bond donors (Lipinski definition) is 2. The summed E-state index contributed by atoms with van der Waals surface area (Å²) >= 11 is 0. The van der Waals surface area contributed by atoms with Gasteiger partial charge in [-0.2, -0.15) is 0 Å². The molecule has 4 nitrogen and oxygen atoms in total. The van der Waals surface area contributed by atoms with Crippen LogP contribution in [0.25, 0.3) is 0 Å². The lowest BCUT2D eigenvalue weighted by Crippen LogP contribution is -2.47. The number of hydrogen-bond acceptors (Lipinski definition) is 3. The van der Waals surface area contributed by atoms with E-state index in [0.717, 1.165) is 19.5 Å². The molecule has 1 atom stereocenters. The molecule has 16 heavy (non-hydrogen) atoms. The maximum Gasteiger partial charge on any atom is 0.233 e. The minimum Gasteiger partial charge on any atom is -0.350 e. The topological polar surface area (TPSA) is 58.2 Å². The molecular formula is C11H22N2O2S. The van der Waals surface area contributed by atoms with Crippen LogP contribution in [0.1, 0.15) is 27.2 Å². The standard InChI is InChI=1S/C11H22N2O2S/c1-4-11(2,3)13-10(14)8-16(15)7-9-5-12-6-9/h9,12H,4-8H2,1-3H3,(H,13,14). The van der Waals surface area contributed by atoms with E-state index in [1.807, 2.05) is 20.8 Å². The van der Waals surface area contributed by atoms with Crippen LogP contribution in [0.5, 0.6) is 0 Å². The molecule has 0 aromatic heterocycles. The number of amides is 1. The normalized spacial score (nSPS) is 18.9. The summed E-state index contributed by atoms with van der Waals surface area (Å²) in [7, 11) is -1.02. The molecule has 0 bridgehead atoms. The molecule has 1 aliphatic heterocycles. The zero-order valence-corrected chi connectivity index (χ0v) is 11.2. The summed E-state index contributed by atoms with van der Waals surface area (Å²) in [5.41, 5.74) is -0.195. The Morgan fingerprint density at radius 3 is 2.56 bits per heavy atom. The molecule has 0 aliphatic carbocycles. The van der Waals surface area contributed by atoms with Gasteiger partial charge in [-0.25, -0.2) is 0 Å². The molecule has 0 saturated carbocycles. The van der Waals surface area contributed by atoms with E-state index in [9.17, 15) is 9.00 Å².